The second-order valence-electron chi connectivity index (χ2n) is 9.96. The highest BCUT2D eigenvalue weighted by Crippen LogP contribution is 2.36. The van der Waals surface area contributed by atoms with E-state index in [4.69, 9.17) is 10.5 Å². The predicted octanol–water partition coefficient (Wildman–Crippen LogP) is 3.70. The number of ether oxygens (including phenoxy) is 1. The minimum atomic E-state index is -0.952. The van der Waals surface area contributed by atoms with Crippen LogP contribution in [-0.4, -0.2) is 37.2 Å². The van der Waals surface area contributed by atoms with Crippen LogP contribution in [0.15, 0.2) is 42.7 Å². The number of anilines is 1. The molecule has 12 heteroatoms. The zero-order valence-corrected chi connectivity index (χ0v) is 20.9. The van der Waals surface area contributed by atoms with Gasteiger partial charge in [0, 0.05) is 23.7 Å². The van der Waals surface area contributed by atoms with Crippen molar-refractivity contribution in [2.75, 3.05) is 5.73 Å². The highest BCUT2D eigenvalue weighted by molar-refractivity contribution is 6.00. The molecule has 2 aromatic heterocycles. The SMILES string of the molecule is CC(C)(C)OC(=O)N[C@@H](Cc1cc(F)cc(F)c1)c1nc2ncnn2c(N)c1-c1ccc2c(c1)C(=O)NC2. The maximum Gasteiger partial charge on any atom is 0.408 e. The number of aromatic nitrogens is 4. The number of nitrogen functional groups attached to an aromatic ring is 1. The molecule has 1 aliphatic rings. The van der Waals surface area contributed by atoms with E-state index in [0.717, 1.165) is 11.6 Å². The largest absolute Gasteiger partial charge is 0.444 e. The Bertz CT molecular complexity index is 1560. The minimum Gasteiger partial charge on any atom is -0.444 e. The molecule has 10 nitrogen and oxygen atoms in total. The van der Waals surface area contributed by atoms with Gasteiger partial charge in [0.05, 0.1) is 11.7 Å². The van der Waals surface area contributed by atoms with E-state index in [1.54, 1.807) is 39.0 Å². The van der Waals surface area contributed by atoms with Crippen LogP contribution in [0.2, 0.25) is 0 Å². The third-order valence-electron chi connectivity index (χ3n) is 5.96. The van der Waals surface area contributed by atoms with Crippen LogP contribution in [0.1, 0.15) is 54.0 Å². The summed E-state index contributed by atoms with van der Waals surface area (Å²) >= 11 is 0. The van der Waals surface area contributed by atoms with Gasteiger partial charge >= 0.3 is 6.09 Å². The molecule has 0 saturated heterocycles. The van der Waals surface area contributed by atoms with Crippen LogP contribution in [0.5, 0.6) is 0 Å². The lowest BCUT2D eigenvalue weighted by molar-refractivity contribution is 0.0502. The Morgan fingerprint density at radius 1 is 1.21 bits per heavy atom. The number of carbonyl (C=O) groups excluding carboxylic acids is 2. The molecule has 0 aliphatic carbocycles. The average molecular weight is 522 g/mol. The first-order valence-corrected chi connectivity index (χ1v) is 11.8. The van der Waals surface area contributed by atoms with Crippen molar-refractivity contribution in [2.24, 2.45) is 0 Å². The van der Waals surface area contributed by atoms with Crippen LogP contribution in [0.4, 0.5) is 19.4 Å². The van der Waals surface area contributed by atoms with Crippen LogP contribution >= 0.6 is 0 Å². The first-order chi connectivity index (χ1) is 18.0. The number of amides is 2. The Labute approximate surface area is 216 Å². The van der Waals surface area contributed by atoms with E-state index in [1.807, 2.05) is 0 Å². The summed E-state index contributed by atoms with van der Waals surface area (Å²) in [6.45, 7) is 5.54. The summed E-state index contributed by atoms with van der Waals surface area (Å²) in [6, 6.07) is 7.42. The zero-order valence-electron chi connectivity index (χ0n) is 20.9. The highest BCUT2D eigenvalue weighted by Gasteiger charge is 2.29. The Balaban J connectivity index is 1.68. The third kappa shape index (κ3) is 4.97. The van der Waals surface area contributed by atoms with Gasteiger partial charge in [0.15, 0.2) is 0 Å². The summed E-state index contributed by atoms with van der Waals surface area (Å²) in [7, 11) is 0. The molecule has 0 saturated carbocycles. The van der Waals surface area contributed by atoms with Gasteiger partial charge in [-0.25, -0.2) is 18.6 Å². The number of rotatable bonds is 5. The molecule has 5 rings (SSSR count). The number of fused-ring (bicyclic) bond motifs is 2. The summed E-state index contributed by atoms with van der Waals surface area (Å²) in [5, 5.41) is 9.68. The van der Waals surface area contributed by atoms with Crippen molar-refractivity contribution in [1.82, 2.24) is 30.2 Å². The topological polar surface area (TPSA) is 137 Å². The number of benzene rings is 2. The molecule has 3 heterocycles. The van der Waals surface area contributed by atoms with Gasteiger partial charge in [-0.05, 0) is 62.1 Å². The Hall–Kier alpha value is -4.61. The summed E-state index contributed by atoms with van der Waals surface area (Å²) in [5.41, 5.74) is 8.49. The van der Waals surface area contributed by atoms with Gasteiger partial charge in [-0.3, -0.25) is 4.79 Å². The molecule has 38 heavy (non-hydrogen) atoms. The van der Waals surface area contributed by atoms with Crippen molar-refractivity contribution in [1.29, 1.82) is 0 Å². The molecule has 0 unspecified atom stereocenters. The lowest BCUT2D eigenvalue weighted by Crippen LogP contribution is -2.36. The molecule has 2 aromatic carbocycles. The normalized spacial score (nSPS) is 13.8. The van der Waals surface area contributed by atoms with Gasteiger partial charge in [0.1, 0.15) is 29.4 Å². The van der Waals surface area contributed by atoms with E-state index in [9.17, 15) is 18.4 Å². The fourth-order valence-corrected chi connectivity index (χ4v) is 4.43. The maximum atomic E-state index is 14.1. The van der Waals surface area contributed by atoms with E-state index < -0.39 is 29.4 Å². The number of carbonyl (C=O) groups is 2. The van der Waals surface area contributed by atoms with Gasteiger partial charge in [0.25, 0.3) is 11.7 Å². The minimum absolute atomic E-state index is 0.0525. The number of nitrogens with zero attached hydrogens (tertiary/aromatic N) is 4. The average Bonchev–Trinajstić information content (AvgIpc) is 3.43. The third-order valence-corrected chi connectivity index (χ3v) is 5.96. The van der Waals surface area contributed by atoms with E-state index in [-0.39, 0.29) is 35.2 Å². The quantitative estimate of drug-likeness (QED) is 0.364. The van der Waals surface area contributed by atoms with Gasteiger partial charge in [-0.15, -0.1) is 0 Å². The van der Waals surface area contributed by atoms with Gasteiger partial charge < -0.3 is 21.1 Å². The predicted molar refractivity (Wildman–Crippen MR) is 134 cm³/mol. The van der Waals surface area contributed by atoms with Crippen molar-refractivity contribution >= 4 is 23.6 Å². The number of halogens is 2. The second kappa shape index (κ2) is 9.36. The lowest BCUT2D eigenvalue weighted by Gasteiger charge is -2.25. The van der Waals surface area contributed by atoms with E-state index >= 15 is 0 Å². The van der Waals surface area contributed by atoms with Crippen molar-refractivity contribution in [3.05, 3.63) is 76.7 Å². The molecule has 0 bridgehead atoms. The van der Waals surface area contributed by atoms with Crippen molar-refractivity contribution in [3.63, 3.8) is 0 Å². The van der Waals surface area contributed by atoms with E-state index in [2.05, 4.69) is 25.7 Å². The molecule has 4 N–H and O–H groups in total. The van der Waals surface area contributed by atoms with E-state index in [1.165, 1.54) is 23.0 Å². The first-order valence-electron chi connectivity index (χ1n) is 11.8. The van der Waals surface area contributed by atoms with Crippen LogP contribution in [0.3, 0.4) is 0 Å². The molecule has 0 fully saturated rings. The van der Waals surface area contributed by atoms with Crippen LogP contribution in [0, 0.1) is 11.6 Å². The monoisotopic (exact) mass is 521 g/mol. The summed E-state index contributed by atoms with van der Waals surface area (Å²) in [5.74, 6) is -1.44. The number of hydrogen-bond acceptors (Lipinski definition) is 7. The summed E-state index contributed by atoms with van der Waals surface area (Å²) in [6.07, 6.45) is 0.462. The second-order valence-corrected chi connectivity index (χ2v) is 9.96. The van der Waals surface area contributed by atoms with Gasteiger partial charge in [0.2, 0.25) is 0 Å². The first kappa shape index (κ1) is 25.1. The standard InChI is InChI=1S/C26H25F2N7O3/c1-26(2,3)38-25(37)33-19(8-13-6-16(27)10-17(28)7-13)21-20(22(29)35-24(34-21)31-12-32-35)14-4-5-15-11-30-23(36)18(15)9-14/h4-7,9-10,12,19H,8,11,29H2,1-3H3,(H,30,36)(H,33,37)/t19-/m0/s1. The number of nitrogens with one attached hydrogen (secondary N) is 2. The van der Waals surface area contributed by atoms with Crippen molar-refractivity contribution in [3.8, 4) is 11.1 Å². The molecular weight excluding hydrogens is 496 g/mol. The molecule has 2 amide bonds. The molecule has 0 spiro atoms. The van der Waals surface area contributed by atoms with Crippen molar-refractivity contribution < 1.29 is 23.1 Å². The number of hydrogen-bond donors (Lipinski definition) is 3. The van der Waals surface area contributed by atoms with E-state index in [0.29, 0.717) is 23.2 Å². The van der Waals surface area contributed by atoms with Gasteiger partial charge in [-0.1, -0.05) is 12.1 Å². The number of alkyl carbamates (subject to hydrolysis) is 1. The molecular formula is C26H25F2N7O3. The highest BCUT2D eigenvalue weighted by atomic mass is 19.1. The Kier molecular flexibility index (Phi) is 6.17. The van der Waals surface area contributed by atoms with Gasteiger partial charge in [-0.2, -0.15) is 14.6 Å². The molecule has 196 valence electrons. The summed E-state index contributed by atoms with van der Waals surface area (Å²) < 4.78 is 34.9. The van der Waals surface area contributed by atoms with Crippen molar-refractivity contribution in [2.45, 2.75) is 45.4 Å². The fraction of sp³-hybridized carbons (Fsp3) is 0.269. The summed E-state index contributed by atoms with van der Waals surface area (Å²) in [4.78, 5) is 34.0. The molecule has 0 radical (unpaired) electrons. The molecule has 1 aliphatic heterocycles. The number of nitrogens with two attached hydrogens (primary N) is 1. The molecule has 4 aromatic rings. The van der Waals surface area contributed by atoms with Crippen LogP contribution < -0.4 is 16.4 Å². The lowest BCUT2D eigenvalue weighted by atomic mass is 9.94. The zero-order chi connectivity index (χ0) is 27.2. The van der Waals surface area contributed by atoms with Crippen LogP contribution in [0.25, 0.3) is 16.9 Å². The maximum absolute atomic E-state index is 14.1. The Morgan fingerprint density at radius 2 is 1.95 bits per heavy atom. The van der Waals surface area contributed by atoms with Crippen LogP contribution in [-0.2, 0) is 17.7 Å². The molecule has 1 atom stereocenters. The Morgan fingerprint density at radius 3 is 2.66 bits per heavy atom. The fourth-order valence-electron chi connectivity index (χ4n) is 4.43. The smallest absolute Gasteiger partial charge is 0.408 e.